The minimum absolute atomic E-state index is 0.0110. The van der Waals surface area contributed by atoms with E-state index in [1.165, 1.54) is 50.1 Å². The Kier molecular flexibility index (Phi) is 4.59. The molecule has 0 nitrogen and oxygen atoms in total. The van der Waals surface area contributed by atoms with Crippen molar-refractivity contribution in [2.75, 3.05) is 0 Å². The van der Waals surface area contributed by atoms with Crippen LogP contribution in [0.25, 0.3) is 22.3 Å². The lowest BCUT2D eigenvalue weighted by Crippen LogP contribution is -2.19. The number of benzene rings is 3. The van der Waals surface area contributed by atoms with Crippen LogP contribution in [0.15, 0.2) is 54.6 Å². The summed E-state index contributed by atoms with van der Waals surface area (Å²) in [6.07, 6.45) is 0. The first-order valence-corrected chi connectivity index (χ1v) is 11.2. The van der Waals surface area contributed by atoms with E-state index in [4.69, 9.17) is 0 Å². The molecule has 0 aromatic heterocycles. The summed E-state index contributed by atoms with van der Waals surface area (Å²) in [4.78, 5) is 0. The van der Waals surface area contributed by atoms with Crippen molar-refractivity contribution in [3.8, 4) is 22.3 Å². The van der Waals surface area contributed by atoms with Gasteiger partial charge < -0.3 is 0 Å². The van der Waals surface area contributed by atoms with Crippen molar-refractivity contribution in [3.05, 3.63) is 82.4 Å². The molecule has 0 heteroatoms. The molecule has 3 aromatic rings. The summed E-state index contributed by atoms with van der Waals surface area (Å²) >= 11 is 0. The summed E-state index contributed by atoms with van der Waals surface area (Å²) in [6, 6.07) is 21.1. The number of fused-ring (bicyclic) bond motifs is 3. The Morgan fingerprint density at radius 1 is 0.633 bits per heavy atom. The Bertz CT molecular complexity index is 1130. The van der Waals surface area contributed by atoms with Crippen LogP contribution < -0.4 is 0 Å². The topological polar surface area (TPSA) is 0 Å². The molecule has 0 saturated heterocycles. The average molecular weight is 397 g/mol. The summed E-state index contributed by atoms with van der Waals surface area (Å²) < 4.78 is 0. The second kappa shape index (κ2) is 6.58. The highest BCUT2D eigenvalue weighted by molar-refractivity contribution is 5.86. The predicted molar refractivity (Wildman–Crippen MR) is 132 cm³/mol. The molecule has 0 amide bonds. The van der Waals surface area contributed by atoms with Crippen LogP contribution >= 0.6 is 0 Å². The van der Waals surface area contributed by atoms with Gasteiger partial charge in [-0.15, -0.1) is 0 Å². The molecule has 0 spiro atoms. The van der Waals surface area contributed by atoms with E-state index in [2.05, 4.69) is 117 Å². The molecule has 0 radical (unpaired) electrons. The molecule has 0 atom stereocenters. The van der Waals surface area contributed by atoms with Crippen LogP contribution in [0, 0.1) is 6.92 Å². The van der Waals surface area contributed by atoms with Gasteiger partial charge in [0, 0.05) is 5.41 Å². The fourth-order valence-corrected chi connectivity index (χ4v) is 4.92. The first-order chi connectivity index (χ1) is 13.8. The molecule has 0 heterocycles. The third-order valence-electron chi connectivity index (χ3n) is 6.82. The van der Waals surface area contributed by atoms with Crippen LogP contribution in [0.3, 0.4) is 0 Å². The van der Waals surface area contributed by atoms with Crippen molar-refractivity contribution in [3.63, 3.8) is 0 Å². The Hall–Kier alpha value is -2.34. The highest BCUT2D eigenvalue weighted by atomic mass is 14.4. The van der Waals surface area contributed by atoms with Crippen LogP contribution in [0.1, 0.15) is 83.2 Å². The second-order valence-corrected chi connectivity index (χ2v) is 11.7. The molecular weight excluding hydrogens is 360 g/mol. The quantitative estimate of drug-likeness (QED) is 0.386. The summed E-state index contributed by atoms with van der Waals surface area (Å²) in [5.41, 5.74) is 12.8. The minimum atomic E-state index is 0.0110. The zero-order valence-corrected chi connectivity index (χ0v) is 20.2. The summed E-state index contributed by atoms with van der Waals surface area (Å²) in [5, 5.41) is 0. The van der Waals surface area contributed by atoms with Crippen molar-refractivity contribution in [2.45, 2.75) is 78.6 Å². The molecule has 0 aliphatic heterocycles. The molecule has 0 N–H and O–H groups in total. The van der Waals surface area contributed by atoms with Crippen molar-refractivity contribution >= 4 is 0 Å². The Labute approximate surface area is 183 Å². The van der Waals surface area contributed by atoms with Gasteiger partial charge in [0.25, 0.3) is 0 Å². The zero-order valence-electron chi connectivity index (χ0n) is 20.2. The second-order valence-electron chi connectivity index (χ2n) is 11.7. The number of hydrogen-bond acceptors (Lipinski definition) is 0. The Balaban J connectivity index is 2.02. The standard InChI is InChI=1S/C30H36/c1-19-11-10-12-20(15-19)23-17-24-22-14-13-21(28(2,3)4)16-26(22)30(8,9)27(24)18-25(23)29(5,6)7/h10-18H,1-9H3. The summed E-state index contributed by atoms with van der Waals surface area (Å²) in [6.45, 7) is 20.9. The van der Waals surface area contributed by atoms with E-state index in [-0.39, 0.29) is 16.2 Å². The van der Waals surface area contributed by atoms with Crippen LogP contribution in [-0.2, 0) is 16.2 Å². The first kappa shape index (κ1) is 20.9. The van der Waals surface area contributed by atoms with Crippen LogP contribution in [0.2, 0.25) is 0 Å². The van der Waals surface area contributed by atoms with Gasteiger partial charge in [-0.3, -0.25) is 0 Å². The Morgan fingerprint density at radius 2 is 1.30 bits per heavy atom. The largest absolute Gasteiger partial charge is 0.0614 e. The van der Waals surface area contributed by atoms with Gasteiger partial charge >= 0.3 is 0 Å². The molecule has 0 bridgehead atoms. The molecule has 0 unspecified atom stereocenters. The van der Waals surface area contributed by atoms with E-state index in [1.807, 2.05) is 0 Å². The fourth-order valence-electron chi connectivity index (χ4n) is 4.92. The number of hydrogen-bond donors (Lipinski definition) is 0. The SMILES string of the molecule is Cc1cccc(-c2cc3c(cc2C(C)(C)C)C(C)(C)c2cc(C(C)(C)C)ccc2-3)c1. The van der Waals surface area contributed by atoms with Crippen molar-refractivity contribution in [1.29, 1.82) is 0 Å². The van der Waals surface area contributed by atoms with Gasteiger partial charge in [-0.25, -0.2) is 0 Å². The maximum absolute atomic E-state index is 2.50. The monoisotopic (exact) mass is 396 g/mol. The van der Waals surface area contributed by atoms with Crippen LogP contribution in [-0.4, -0.2) is 0 Å². The van der Waals surface area contributed by atoms with Crippen molar-refractivity contribution in [2.24, 2.45) is 0 Å². The van der Waals surface area contributed by atoms with E-state index in [0.29, 0.717) is 0 Å². The lowest BCUT2D eigenvalue weighted by Gasteiger charge is -2.28. The molecule has 4 rings (SSSR count). The third-order valence-corrected chi connectivity index (χ3v) is 6.82. The molecule has 1 aliphatic carbocycles. The van der Waals surface area contributed by atoms with Crippen LogP contribution in [0.5, 0.6) is 0 Å². The van der Waals surface area contributed by atoms with Gasteiger partial charge in [-0.1, -0.05) is 109 Å². The molecule has 0 saturated carbocycles. The highest BCUT2D eigenvalue weighted by Crippen LogP contribution is 2.52. The molecule has 30 heavy (non-hydrogen) atoms. The van der Waals surface area contributed by atoms with Gasteiger partial charge in [0.2, 0.25) is 0 Å². The van der Waals surface area contributed by atoms with E-state index in [9.17, 15) is 0 Å². The van der Waals surface area contributed by atoms with E-state index < -0.39 is 0 Å². The maximum Gasteiger partial charge on any atom is 0.0159 e. The van der Waals surface area contributed by atoms with Gasteiger partial charge in [0.1, 0.15) is 0 Å². The Morgan fingerprint density at radius 3 is 1.90 bits per heavy atom. The summed E-state index contributed by atoms with van der Waals surface area (Å²) in [5.74, 6) is 0. The van der Waals surface area contributed by atoms with Gasteiger partial charge in [0.05, 0.1) is 0 Å². The molecular formula is C30H36. The molecule has 1 aliphatic rings. The molecule has 3 aromatic carbocycles. The summed E-state index contributed by atoms with van der Waals surface area (Å²) in [7, 11) is 0. The van der Waals surface area contributed by atoms with Crippen LogP contribution in [0.4, 0.5) is 0 Å². The molecule has 0 fully saturated rings. The number of rotatable bonds is 1. The zero-order chi connectivity index (χ0) is 22.1. The smallest absolute Gasteiger partial charge is 0.0159 e. The highest BCUT2D eigenvalue weighted by Gasteiger charge is 2.38. The lowest BCUT2D eigenvalue weighted by atomic mass is 9.75. The fraction of sp³-hybridized carbons (Fsp3) is 0.400. The van der Waals surface area contributed by atoms with E-state index >= 15 is 0 Å². The average Bonchev–Trinajstić information content (AvgIpc) is 2.86. The molecule has 156 valence electrons. The first-order valence-electron chi connectivity index (χ1n) is 11.2. The van der Waals surface area contributed by atoms with Gasteiger partial charge in [-0.05, 0) is 68.3 Å². The number of aryl methyl sites for hydroxylation is 1. The lowest BCUT2D eigenvalue weighted by molar-refractivity contribution is 0.581. The van der Waals surface area contributed by atoms with Crippen molar-refractivity contribution < 1.29 is 0 Å². The minimum Gasteiger partial charge on any atom is -0.0614 e. The third kappa shape index (κ3) is 3.31. The normalized spacial score (nSPS) is 15.1. The predicted octanol–water partition coefficient (Wildman–Crippen LogP) is 8.56. The maximum atomic E-state index is 2.50. The van der Waals surface area contributed by atoms with Gasteiger partial charge in [-0.2, -0.15) is 0 Å². The van der Waals surface area contributed by atoms with E-state index in [1.54, 1.807) is 0 Å². The van der Waals surface area contributed by atoms with Gasteiger partial charge in [0.15, 0.2) is 0 Å². The van der Waals surface area contributed by atoms with E-state index in [0.717, 1.165) is 0 Å². The van der Waals surface area contributed by atoms with Crippen molar-refractivity contribution in [1.82, 2.24) is 0 Å².